The Balaban J connectivity index is 1.54. The van der Waals surface area contributed by atoms with Crippen molar-refractivity contribution < 1.29 is 59.1 Å². The molecule has 13 heteroatoms. The topological polar surface area (TPSA) is 209 Å². The van der Waals surface area contributed by atoms with E-state index in [1.54, 1.807) is 18.2 Å². The van der Waals surface area contributed by atoms with E-state index in [9.17, 15) is 40.5 Å². The molecule has 2 aliphatic heterocycles. The van der Waals surface area contributed by atoms with Crippen LogP contribution in [0.5, 0.6) is 11.5 Å². The quantitative estimate of drug-likeness (QED) is 0.196. The molecule has 0 bridgehead atoms. The standard InChI is InChI=1S/C27H30O13/c1-11-17(30)21(34)25(40-26-22(35)20(33)19(32)16(10-28)38-26)27(36-11)39-24-18(31)14-4-2-3-5-15(14)37-23(24)12-6-8-13(29)9-7-12/h2-9,11,16-17,19-22,25-30,32-35H,10H2,1H3/t11-,16-,17-,19-,20+,21+,22-,25+,26?,27?/m1/s1. The van der Waals surface area contributed by atoms with Crippen LogP contribution in [0.3, 0.4) is 0 Å². The number of phenolic OH excluding ortho intramolecular Hbond substituents is 1. The first-order valence-corrected chi connectivity index (χ1v) is 12.6. The number of aliphatic hydroxyl groups excluding tert-OH is 6. The van der Waals surface area contributed by atoms with Crippen molar-refractivity contribution in [2.75, 3.05) is 6.61 Å². The fourth-order valence-electron chi connectivity index (χ4n) is 4.73. The van der Waals surface area contributed by atoms with E-state index in [1.165, 1.54) is 37.3 Å². The van der Waals surface area contributed by atoms with Crippen LogP contribution in [0, 0.1) is 0 Å². The lowest BCUT2D eigenvalue weighted by molar-refractivity contribution is -0.355. The lowest BCUT2D eigenvalue weighted by Crippen LogP contribution is -2.64. The minimum atomic E-state index is -1.82. The van der Waals surface area contributed by atoms with Gasteiger partial charge < -0.3 is 59.1 Å². The maximum atomic E-state index is 13.6. The van der Waals surface area contributed by atoms with Crippen LogP contribution in [-0.4, -0.2) is 104 Å². The summed E-state index contributed by atoms with van der Waals surface area (Å²) in [5.41, 5.74) is 0.0327. The van der Waals surface area contributed by atoms with Gasteiger partial charge in [0.25, 0.3) is 0 Å². The van der Waals surface area contributed by atoms with Gasteiger partial charge in [-0.2, -0.15) is 0 Å². The summed E-state index contributed by atoms with van der Waals surface area (Å²) in [6.45, 7) is 0.736. The van der Waals surface area contributed by atoms with E-state index in [4.69, 9.17) is 23.4 Å². The molecule has 7 N–H and O–H groups in total. The molecule has 5 rings (SSSR count). The summed E-state index contributed by atoms with van der Waals surface area (Å²) in [4.78, 5) is 13.6. The summed E-state index contributed by atoms with van der Waals surface area (Å²) in [7, 11) is 0. The summed E-state index contributed by atoms with van der Waals surface area (Å²) in [5, 5.41) is 71.5. The van der Waals surface area contributed by atoms with E-state index >= 15 is 0 Å². The Morgan fingerprint density at radius 1 is 0.825 bits per heavy atom. The SMILES string of the molecule is C[C@H]1OC(Oc2c(-c3ccc(O)cc3)oc3ccccc3c2=O)[C@@H](OC2O[C@H](CO)[C@@H](O)[C@H](O)[C@H]2O)[C@@H](O)[C@@H]1O. The van der Waals surface area contributed by atoms with Gasteiger partial charge in [-0.3, -0.25) is 4.79 Å². The second-order valence-electron chi connectivity index (χ2n) is 9.74. The van der Waals surface area contributed by atoms with Crippen molar-refractivity contribution >= 4 is 11.0 Å². The van der Waals surface area contributed by atoms with E-state index in [0.29, 0.717) is 5.56 Å². The van der Waals surface area contributed by atoms with Crippen LogP contribution in [0.2, 0.25) is 0 Å². The molecule has 13 nitrogen and oxygen atoms in total. The highest BCUT2D eigenvalue weighted by molar-refractivity contribution is 5.82. The Labute approximate surface area is 227 Å². The minimum Gasteiger partial charge on any atom is -0.508 e. The monoisotopic (exact) mass is 562 g/mol. The van der Waals surface area contributed by atoms with E-state index < -0.39 is 73.4 Å². The fraction of sp³-hybridized carbons (Fsp3) is 0.444. The molecule has 0 spiro atoms. The third kappa shape index (κ3) is 5.19. The summed E-state index contributed by atoms with van der Waals surface area (Å²) in [5.74, 6) is -0.372. The summed E-state index contributed by atoms with van der Waals surface area (Å²) in [6.07, 6.45) is -15.6. The highest BCUT2D eigenvalue weighted by atomic mass is 16.8. The van der Waals surface area contributed by atoms with Gasteiger partial charge in [-0.1, -0.05) is 12.1 Å². The van der Waals surface area contributed by atoms with E-state index in [0.717, 1.165) is 0 Å². The van der Waals surface area contributed by atoms with Crippen LogP contribution >= 0.6 is 0 Å². The molecule has 0 saturated carbocycles. The average molecular weight is 563 g/mol. The van der Waals surface area contributed by atoms with Crippen LogP contribution < -0.4 is 10.2 Å². The average Bonchev–Trinajstić information content (AvgIpc) is 2.95. The second-order valence-corrected chi connectivity index (χ2v) is 9.74. The lowest BCUT2D eigenvalue weighted by atomic mass is 9.97. The predicted octanol–water partition coefficient (Wildman–Crippen LogP) is -0.804. The lowest BCUT2D eigenvalue weighted by Gasteiger charge is -2.45. The molecule has 0 aliphatic carbocycles. The smallest absolute Gasteiger partial charge is 0.235 e. The summed E-state index contributed by atoms with van der Waals surface area (Å²) >= 11 is 0. The molecule has 2 unspecified atom stereocenters. The zero-order chi connectivity index (χ0) is 28.7. The number of para-hydroxylation sites is 1. The molecule has 10 atom stereocenters. The zero-order valence-electron chi connectivity index (χ0n) is 21.2. The maximum absolute atomic E-state index is 13.6. The molecule has 2 aromatic carbocycles. The molecule has 2 fully saturated rings. The van der Waals surface area contributed by atoms with Gasteiger partial charge in [-0.25, -0.2) is 0 Å². The number of aromatic hydroxyl groups is 1. The number of benzene rings is 2. The van der Waals surface area contributed by atoms with Crippen molar-refractivity contribution in [3.05, 3.63) is 58.8 Å². The Bertz CT molecular complexity index is 1370. The van der Waals surface area contributed by atoms with Crippen molar-refractivity contribution in [1.82, 2.24) is 0 Å². The highest BCUT2D eigenvalue weighted by Crippen LogP contribution is 2.35. The molecule has 3 heterocycles. The van der Waals surface area contributed by atoms with E-state index in [-0.39, 0.29) is 28.2 Å². The van der Waals surface area contributed by atoms with Crippen molar-refractivity contribution in [3.63, 3.8) is 0 Å². The van der Waals surface area contributed by atoms with E-state index in [1.807, 2.05) is 0 Å². The molecular formula is C27H30O13. The summed E-state index contributed by atoms with van der Waals surface area (Å²) < 4.78 is 28.9. The molecule has 2 saturated heterocycles. The van der Waals surface area contributed by atoms with Crippen molar-refractivity contribution in [2.24, 2.45) is 0 Å². The maximum Gasteiger partial charge on any atom is 0.235 e. The predicted molar refractivity (Wildman–Crippen MR) is 135 cm³/mol. The van der Waals surface area contributed by atoms with Crippen molar-refractivity contribution in [3.8, 4) is 22.8 Å². The van der Waals surface area contributed by atoms with Gasteiger partial charge in [-0.05, 0) is 43.3 Å². The Kier molecular flexibility index (Phi) is 8.10. The Morgan fingerprint density at radius 2 is 1.52 bits per heavy atom. The minimum absolute atomic E-state index is 0.0212. The molecule has 0 amide bonds. The Morgan fingerprint density at radius 3 is 2.23 bits per heavy atom. The summed E-state index contributed by atoms with van der Waals surface area (Å²) in [6, 6.07) is 12.2. The molecular weight excluding hydrogens is 532 g/mol. The number of ether oxygens (including phenoxy) is 4. The van der Waals surface area contributed by atoms with Crippen LogP contribution in [0.1, 0.15) is 6.92 Å². The molecule has 216 valence electrons. The van der Waals surface area contributed by atoms with Gasteiger partial charge in [0.2, 0.25) is 17.5 Å². The van der Waals surface area contributed by atoms with Crippen molar-refractivity contribution in [2.45, 2.75) is 68.3 Å². The van der Waals surface area contributed by atoms with Crippen LogP contribution in [-0.2, 0) is 14.2 Å². The zero-order valence-corrected chi connectivity index (χ0v) is 21.2. The molecule has 40 heavy (non-hydrogen) atoms. The molecule has 2 aliphatic rings. The third-order valence-corrected chi connectivity index (χ3v) is 7.04. The normalized spacial score (nSPS) is 34.6. The van der Waals surface area contributed by atoms with Crippen LogP contribution in [0.4, 0.5) is 0 Å². The molecule has 1 aromatic heterocycles. The largest absolute Gasteiger partial charge is 0.508 e. The van der Waals surface area contributed by atoms with E-state index in [2.05, 4.69) is 0 Å². The number of hydrogen-bond acceptors (Lipinski definition) is 13. The molecule has 3 aromatic rings. The third-order valence-electron chi connectivity index (χ3n) is 7.04. The van der Waals surface area contributed by atoms with Gasteiger partial charge in [0.1, 0.15) is 48.0 Å². The number of fused-ring (bicyclic) bond motifs is 1. The fourth-order valence-corrected chi connectivity index (χ4v) is 4.73. The Hall–Kier alpha value is -3.11. The van der Waals surface area contributed by atoms with Crippen LogP contribution in [0.15, 0.2) is 57.7 Å². The number of aliphatic hydroxyl groups is 6. The van der Waals surface area contributed by atoms with Gasteiger partial charge >= 0.3 is 0 Å². The highest BCUT2D eigenvalue weighted by Gasteiger charge is 2.51. The van der Waals surface area contributed by atoms with Gasteiger partial charge in [-0.15, -0.1) is 0 Å². The van der Waals surface area contributed by atoms with Crippen molar-refractivity contribution in [1.29, 1.82) is 0 Å². The first-order chi connectivity index (χ1) is 19.1. The van der Waals surface area contributed by atoms with Crippen LogP contribution in [0.25, 0.3) is 22.3 Å². The van der Waals surface area contributed by atoms with Gasteiger partial charge in [0.15, 0.2) is 18.2 Å². The number of hydrogen-bond donors (Lipinski definition) is 7. The number of rotatable bonds is 6. The first kappa shape index (κ1) is 28.4. The van der Waals surface area contributed by atoms with Gasteiger partial charge in [0.05, 0.1) is 18.1 Å². The number of phenols is 1. The molecule has 0 radical (unpaired) electrons. The van der Waals surface area contributed by atoms with Gasteiger partial charge in [0, 0.05) is 5.56 Å². The second kappa shape index (κ2) is 11.4. The first-order valence-electron chi connectivity index (χ1n) is 12.6.